The van der Waals surface area contributed by atoms with Gasteiger partial charge in [0.25, 0.3) is 5.91 Å². The van der Waals surface area contributed by atoms with E-state index in [1.165, 1.54) is 18.2 Å². The van der Waals surface area contributed by atoms with Crippen LogP contribution >= 0.6 is 11.6 Å². The van der Waals surface area contributed by atoms with Gasteiger partial charge in [-0.1, -0.05) is 11.6 Å². The molecular formula is C12H17ClN2O3S. The molecule has 0 heterocycles. The molecule has 0 aromatic heterocycles. The first kappa shape index (κ1) is 15.8. The van der Waals surface area contributed by atoms with Gasteiger partial charge < -0.3 is 4.90 Å². The highest BCUT2D eigenvalue weighted by atomic mass is 35.5. The van der Waals surface area contributed by atoms with Gasteiger partial charge in [-0.05, 0) is 32.0 Å². The number of nitrogens with one attached hydrogen (secondary N) is 1. The quantitative estimate of drug-likeness (QED) is 0.907. The van der Waals surface area contributed by atoms with Crippen LogP contribution in [0, 0.1) is 0 Å². The van der Waals surface area contributed by atoms with Crippen LogP contribution in [0.25, 0.3) is 0 Å². The van der Waals surface area contributed by atoms with E-state index in [4.69, 9.17) is 11.6 Å². The van der Waals surface area contributed by atoms with E-state index in [0.717, 1.165) is 6.26 Å². The number of nitrogens with zero attached hydrogens (tertiary/aromatic N) is 1. The van der Waals surface area contributed by atoms with Gasteiger partial charge in [-0.3, -0.25) is 9.52 Å². The van der Waals surface area contributed by atoms with Gasteiger partial charge in [-0.15, -0.1) is 0 Å². The zero-order valence-corrected chi connectivity index (χ0v) is 12.7. The van der Waals surface area contributed by atoms with Crippen LogP contribution < -0.4 is 4.72 Å². The van der Waals surface area contributed by atoms with Crippen LogP contribution in [0.15, 0.2) is 18.2 Å². The van der Waals surface area contributed by atoms with Crippen LogP contribution in [0.1, 0.15) is 24.2 Å². The summed E-state index contributed by atoms with van der Waals surface area (Å²) in [6, 6.07) is 4.47. The van der Waals surface area contributed by atoms with Crippen LogP contribution in [0.4, 0.5) is 5.69 Å². The van der Waals surface area contributed by atoms with Gasteiger partial charge in [0.05, 0.1) is 16.8 Å². The van der Waals surface area contributed by atoms with Crippen molar-refractivity contribution in [2.75, 3.05) is 24.1 Å². The molecule has 0 spiro atoms. The Kier molecular flexibility index (Phi) is 5.20. The fourth-order valence-corrected chi connectivity index (χ4v) is 2.40. The predicted octanol–water partition coefficient (Wildman–Crippen LogP) is 2.19. The lowest BCUT2D eigenvalue weighted by atomic mass is 10.1. The Hall–Kier alpha value is -1.27. The van der Waals surface area contributed by atoms with E-state index in [-0.39, 0.29) is 5.91 Å². The second-order valence-corrected chi connectivity index (χ2v) is 6.20. The van der Waals surface area contributed by atoms with Crippen molar-refractivity contribution in [3.63, 3.8) is 0 Å². The van der Waals surface area contributed by atoms with E-state index in [0.29, 0.717) is 29.4 Å². The molecule has 5 nitrogen and oxygen atoms in total. The lowest BCUT2D eigenvalue weighted by molar-refractivity contribution is 0.0773. The maximum absolute atomic E-state index is 12.2. The Morgan fingerprint density at radius 3 is 2.37 bits per heavy atom. The molecule has 1 aromatic carbocycles. The van der Waals surface area contributed by atoms with Crippen LogP contribution in [-0.4, -0.2) is 38.6 Å². The molecule has 19 heavy (non-hydrogen) atoms. The first-order valence-corrected chi connectivity index (χ1v) is 8.12. The second-order valence-electron chi connectivity index (χ2n) is 4.05. The summed E-state index contributed by atoms with van der Waals surface area (Å²) < 4.78 is 24.7. The molecule has 0 unspecified atom stereocenters. The normalized spacial score (nSPS) is 11.2. The smallest absolute Gasteiger partial charge is 0.255 e. The van der Waals surface area contributed by atoms with Crippen molar-refractivity contribution in [3.05, 3.63) is 28.8 Å². The van der Waals surface area contributed by atoms with Crippen LogP contribution in [0.2, 0.25) is 5.02 Å². The minimum atomic E-state index is -3.38. The van der Waals surface area contributed by atoms with E-state index in [2.05, 4.69) is 4.72 Å². The highest BCUT2D eigenvalue weighted by Gasteiger charge is 2.17. The summed E-state index contributed by atoms with van der Waals surface area (Å²) in [6.07, 6.45) is 1.05. The molecule has 0 radical (unpaired) electrons. The molecule has 0 bridgehead atoms. The molecular weight excluding hydrogens is 288 g/mol. The van der Waals surface area contributed by atoms with E-state index >= 15 is 0 Å². The van der Waals surface area contributed by atoms with Crippen LogP contribution in [-0.2, 0) is 10.0 Å². The molecule has 106 valence electrons. The van der Waals surface area contributed by atoms with Crippen LogP contribution in [0.3, 0.4) is 0 Å². The zero-order valence-electron chi connectivity index (χ0n) is 11.1. The number of carbonyl (C=O) groups excluding carboxylic acids is 1. The zero-order chi connectivity index (χ0) is 14.6. The van der Waals surface area contributed by atoms with Crippen molar-refractivity contribution < 1.29 is 13.2 Å². The molecule has 0 saturated heterocycles. The minimum absolute atomic E-state index is 0.216. The molecule has 0 aliphatic heterocycles. The molecule has 0 aliphatic carbocycles. The number of hydrogen-bond acceptors (Lipinski definition) is 3. The number of anilines is 1. The lowest BCUT2D eigenvalue weighted by Gasteiger charge is -2.19. The van der Waals surface area contributed by atoms with Crippen molar-refractivity contribution in [2.24, 2.45) is 0 Å². The summed E-state index contributed by atoms with van der Waals surface area (Å²) in [6.45, 7) is 4.87. The molecule has 1 aromatic rings. The Morgan fingerprint density at radius 2 is 1.89 bits per heavy atom. The topological polar surface area (TPSA) is 66.5 Å². The van der Waals surface area contributed by atoms with Crippen molar-refractivity contribution in [2.45, 2.75) is 13.8 Å². The van der Waals surface area contributed by atoms with E-state index < -0.39 is 10.0 Å². The number of halogens is 1. The summed E-state index contributed by atoms with van der Waals surface area (Å²) in [4.78, 5) is 13.8. The largest absolute Gasteiger partial charge is 0.339 e. The highest BCUT2D eigenvalue weighted by molar-refractivity contribution is 7.92. The van der Waals surface area contributed by atoms with Gasteiger partial charge in [0.15, 0.2) is 0 Å². The summed E-state index contributed by atoms with van der Waals surface area (Å²) >= 11 is 6.00. The third kappa shape index (κ3) is 4.40. The fourth-order valence-electron chi connectivity index (χ4n) is 1.65. The molecule has 1 amide bonds. The maximum atomic E-state index is 12.2. The van der Waals surface area contributed by atoms with Crippen molar-refractivity contribution in [3.8, 4) is 0 Å². The number of hydrogen-bond donors (Lipinski definition) is 1. The molecule has 0 fully saturated rings. The van der Waals surface area contributed by atoms with Crippen molar-refractivity contribution >= 4 is 33.2 Å². The molecule has 0 saturated carbocycles. The van der Waals surface area contributed by atoms with Gasteiger partial charge in [-0.25, -0.2) is 8.42 Å². The Balaban J connectivity index is 3.13. The first-order chi connectivity index (χ1) is 8.78. The molecule has 1 rings (SSSR count). The van der Waals surface area contributed by atoms with E-state index in [1.54, 1.807) is 4.90 Å². The second kappa shape index (κ2) is 6.25. The summed E-state index contributed by atoms with van der Waals surface area (Å²) in [5.41, 5.74) is 0.612. The number of sulfonamides is 1. The van der Waals surface area contributed by atoms with Gasteiger partial charge in [0, 0.05) is 18.8 Å². The fraction of sp³-hybridized carbons (Fsp3) is 0.417. The number of amides is 1. The molecule has 1 N–H and O–H groups in total. The van der Waals surface area contributed by atoms with Gasteiger partial charge in [-0.2, -0.15) is 0 Å². The minimum Gasteiger partial charge on any atom is -0.339 e. The van der Waals surface area contributed by atoms with E-state index in [1.807, 2.05) is 13.8 Å². The summed E-state index contributed by atoms with van der Waals surface area (Å²) in [5, 5.41) is 0.302. The molecule has 0 atom stereocenters. The lowest BCUT2D eigenvalue weighted by Crippen LogP contribution is -2.30. The Bertz CT molecular complexity index is 568. The third-order valence-electron chi connectivity index (χ3n) is 2.55. The number of rotatable bonds is 5. The highest BCUT2D eigenvalue weighted by Crippen LogP contribution is 2.22. The van der Waals surface area contributed by atoms with Crippen molar-refractivity contribution in [1.82, 2.24) is 4.90 Å². The maximum Gasteiger partial charge on any atom is 0.255 e. The Morgan fingerprint density at radius 1 is 1.32 bits per heavy atom. The average Bonchev–Trinajstić information content (AvgIpc) is 2.31. The summed E-state index contributed by atoms with van der Waals surface area (Å²) in [5.74, 6) is -0.216. The van der Waals surface area contributed by atoms with Gasteiger partial charge in [0.2, 0.25) is 10.0 Å². The number of benzene rings is 1. The average molecular weight is 305 g/mol. The van der Waals surface area contributed by atoms with Crippen LogP contribution in [0.5, 0.6) is 0 Å². The van der Waals surface area contributed by atoms with Gasteiger partial charge in [0.1, 0.15) is 0 Å². The molecule has 0 aliphatic rings. The first-order valence-electron chi connectivity index (χ1n) is 5.85. The monoisotopic (exact) mass is 304 g/mol. The van der Waals surface area contributed by atoms with Gasteiger partial charge >= 0.3 is 0 Å². The number of carbonyl (C=O) groups is 1. The third-order valence-corrected chi connectivity index (χ3v) is 3.49. The Labute approximate surface area is 118 Å². The predicted molar refractivity (Wildman–Crippen MR) is 77.2 cm³/mol. The standard InChI is InChI=1S/C12H17ClN2O3S/c1-4-15(5-2)12(16)10-8-9(6-7-11(10)13)14-19(3,17)18/h6-8,14H,4-5H2,1-3H3. The van der Waals surface area contributed by atoms with Crippen molar-refractivity contribution in [1.29, 1.82) is 0 Å². The SMILES string of the molecule is CCN(CC)C(=O)c1cc(NS(C)(=O)=O)ccc1Cl. The molecule has 7 heteroatoms. The van der Waals surface area contributed by atoms with E-state index in [9.17, 15) is 13.2 Å². The summed E-state index contributed by atoms with van der Waals surface area (Å²) in [7, 11) is -3.38.